The van der Waals surface area contributed by atoms with Crippen LogP contribution in [-0.2, 0) is 4.79 Å². The van der Waals surface area contributed by atoms with E-state index in [-0.39, 0.29) is 0 Å². The second kappa shape index (κ2) is 2.87. The zero-order valence-electron chi connectivity index (χ0n) is 7.70. The van der Waals surface area contributed by atoms with Crippen molar-refractivity contribution in [2.24, 2.45) is 0 Å². The van der Waals surface area contributed by atoms with Gasteiger partial charge in [-0.2, -0.15) is 0 Å². The van der Waals surface area contributed by atoms with Crippen molar-refractivity contribution >= 4 is 16.8 Å². The molecule has 3 aliphatic rings. The van der Waals surface area contributed by atoms with E-state index < -0.39 is 5.24 Å². The number of allylic oxidation sites excluding steroid dienone is 6. The van der Waals surface area contributed by atoms with Gasteiger partial charge in [-0.1, -0.05) is 6.08 Å². The zero-order valence-corrected chi connectivity index (χ0v) is 8.45. The molecule has 0 bridgehead atoms. The largest absolute Gasteiger partial charge is 0.346 e. The smallest absolute Gasteiger partial charge is 0.252 e. The molecular formula is C11H7ClN2O. The van der Waals surface area contributed by atoms with E-state index in [1.165, 1.54) is 0 Å². The average molecular weight is 219 g/mol. The predicted octanol–water partition coefficient (Wildman–Crippen LogP) is 1.73. The van der Waals surface area contributed by atoms with Crippen molar-refractivity contribution in [2.75, 3.05) is 0 Å². The van der Waals surface area contributed by atoms with E-state index in [0.717, 1.165) is 17.2 Å². The van der Waals surface area contributed by atoms with Crippen LogP contribution < -0.4 is 5.32 Å². The normalized spacial score (nSPS) is 21.0. The standard InChI is InChI=1S/C11H7ClN2O/c12-11(15)7-4-8-2-1-3-10-13-6-9(5-7)14(8)10/h1-6,13H. The lowest BCUT2D eigenvalue weighted by atomic mass is 10.1. The van der Waals surface area contributed by atoms with Gasteiger partial charge in [0, 0.05) is 17.5 Å². The van der Waals surface area contributed by atoms with Crippen LogP contribution in [0.2, 0.25) is 0 Å². The Morgan fingerprint density at radius 2 is 2.20 bits per heavy atom. The molecule has 3 nitrogen and oxygen atoms in total. The third-order valence-corrected chi connectivity index (χ3v) is 2.70. The molecular weight excluding hydrogens is 212 g/mol. The summed E-state index contributed by atoms with van der Waals surface area (Å²) in [5.74, 6) is 0.996. The van der Waals surface area contributed by atoms with Crippen molar-refractivity contribution in [3.63, 3.8) is 0 Å². The summed E-state index contributed by atoms with van der Waals surface area (Å²) >= 11 is 5.47. The van der Waals surface area contributed by atoms with E-state index >= 15 is 0 Å². The predicted molar refractivity (Wildman–Crippen MR) is 57.3 cm³/mol. The quantitative estimate of drug-likeness (QED) is 0.681. The third kappa shape index (κ3) is 1.17. The molecule has 0 radical (unpaired) electrons. The maximum Gasteiger partial charge on any atom is 0.252 e. The van der Waals surface area contributed by atoms with Crippen molar-refractivity contribution in [1.29, 1.82) is 0 Å². The summed E-state index contributed by atoms with van der Waals surface area (Å²) in [5.41, 5.74) is 2.41. The maximum atomic E-state index is 11.1. The fourth-order valence-corrected chi connectivity index (χ4v) is 1.94. The number of halogens is 1. The van der Waals surface area contributed by atoms with Crippen LogP contribution in [-0.4, -0.2) is 10.1 Å². The number of carbonyl (C=O) groups is 1. The van der Waals surface area contributed by atoms with E-state index in [0.29, 0.717) is 5.57 Å². The van der Waals surface area contributed by atoms with Crippen LogP contribution >= 0.6 is 11.6 Å². The molecule has 74 valence electrons. The molecule has 0 amide bonds. The van der Waals surface area contributed by atoms with Crippen LogP contribution in [0.4, 0.5) is 0 Å². The lowest BCUT2D eigenvalue weighted by molar-refractivity contribution is -0.108. The lowest BCUT2D eigenvalue weighted by Gasteiger charge is -2.28. The van der Waals surface area contributed by atoms with Gasteiger partial charge in [-0.05, 0) is 35.9 Å². The molecule has 4 heteroatoms. The first-order valence-electron chi connectivity index (χ1n) is 4.54. The third-order valence-electron chi connectivity index (χ3n) is 2.48. The summed E-state index contributed by atoms with van der Waals surface area (Å²) in [6.07, 6.45) is 11.3. The van der Waals surface area contributed by atoms with Gasteiger partial charge < -0.3 is 5.32 Å². The summed E-state index contributed by atoms with van der Waals surface area (Å²) in [5, 5.41) is 2.69. The Labute approximate surface area is 91.7 Å². The first kappa shape index (κ1) is 8.56. The Morgan fingerprint density at radius 3 is 3.00 bits per heavy atom. The monoisotopic (exact) mass is 218 g/mol. The number of nitrogens with one attached hydrogen (secondary N) is 1. The minimum Gasteiger partial charge on any atom is -0.346 e. The molecule has 0 unspecified atom stereocenters. The van der Waals surface area contributed by atoms with Gasteiger partial charge in [0.1, 0.15) is 5.82 Å². The fourth-order valence-electron chi connectivity index (χ4n) is 1.83. The summed E-state index contributed by atoms with van der Waals surface area (Å²) < 4.78 is 0. The first-order chi connectivity index (χ1) is 7.25. The van der Waals surface area contributed by atoms with Crippen LogP contribution in [0, 0.1) is 0 Å². The van der Waals surface area contributed by atoms with Gasteiger partial charge in [-0.3, -0.25) is 9.69 Å². The Hall–Kier alpha value is -1.74. The highest BCUT2D eigenvalue weighted by Gasteiger charge is 2.27. The van der Waals surface area contributed by atoms with Crippen molar-refractivity contribution in [2.45, 2.75) is 0 Å². The highest BCUT2D eigenvalue weighted by Crippen LogP contribution is 2.33. The molecule has 0 saturated carbocycles. The summed E-state index contributed by atoms with van der Waals surface area (Å²) in [6.45, 7) is 0. The van der Waals surface area contributed by atoms with Crippen molar-refractivity contribution in [1.82, 2.24) is 10.2 Å². The van der Waals surface area contributed by atoms with Crippen molar-refractivity contribution in [3.05, 3.63) is 59.4 Å². The highest BCUT2D eigenvalue weighted by atomic mass is 35.5. The van der Waals surface area contributed by atoms with E-state index in [1.807, 2.05) is 29.3 Å². The van der Waals surface area contributed by atoms with Crippen molar-refractivity contribution in [3.8, 4) is 0 Å². The van der Waals surface area contributed by atoms with E-state index in [2.05, 4.69) is 5.32 Å². The fraction of sp³-hybridized carbons (Fsp3) is 0. The average Bonchev–Trinajstić information content (AvgIpc) is 2.64. The Morgan fingerprint density at radius 1 is 1.33 bits per heavy atom. The molecule has 0 spiro atoms. The van der Waals surface area contributed by atoms with Crippen LogP contribution in [0.3, 0.4) is 0 Å². The number of rotatable bonds is 1. The topological polar surface area (TPSA) is 32.3 Å². The van der Waals surface area contributed by atoms with Gasteiger partial charge in [0.25, 0.3) is 5.24 Å². The molecule has 0 aromatic carbocycles. The molecule has 0 fully saturated rings. The van der Waals surface area contributed by atoms with Crippen LogP contribution in [0.1, 0.15) is 0 Å². The van der Waals surface area contributed by atoms with Gasteiger partial charge in [-0.15, -0.1) is 0 Å². The molecule has 0 aromatic rings. The molecule has 0 aliphatic carbocycles. The Bertz CT molecular complexity index is 509. The molecule has 1 N–H and O–H groups in total. The lowest BCUT2D eigenvalue weighted by Crippen LogP contribution is -2.24. The second-order valence-electron chi connectivity index (χ2n) is 3.40. The van der Waals surface area contributed by atoms with Gasteiger partial charge in [-0.25, -0.2) is 0 Å². The molecule has 3 rings (SSSR count). The van der Waals surface area contributed by atoms with E-state index in [4.69, 9.17) is 11.6 Å². The SMILES string of the molecule is O=C(Cl)C1=CC2=CNC3=CC=CC(=C1)N23. The van der Waals surface area contributed by atoms with Gasteiger partial charge in [0.15, 0.2) is 0 Å². The number of hydrogen-bond donors (Lipinski definition) is 1. The molecule has 0 atom stereocenters. The van der Waals surface area contributed by atoms with Crippen LogP contribution in [0.5, 0.6) is 0 Å². The minimum atomic E-state index is -0.431. The molecule has 3 heterocycles. The summed E-state index contributed by atoms with van der Waals surface area (Å²) in [7, 11) is 0. The van der Waals surface area contributed by atoms with Gasteiger partial charge >= 0.3 is 0 Å². The summed E-state index contributed by atoms with van der Waals surface area (Å²) in [4.78, 5) is 13.1. The highest BCUT2D eigenvalue weighted by molar-refractivity contribution is 6.68. The van der Waals surface area contributed by atoms with Crippen LogP contribution in [0.15, 0.2) is 59.4 Å². The maximum absolute atomic E-state index is 11.1. The number of nitrogens with zero attached hydrogens (tertiary/aromatic N) is 1. The van der Waals surface area contributed by atoms with Crippen LogP contribution in [0.25, 0.3) is 0 Å². The van der Waals surface area contributed by atoms with Crippen molar-refractivity contribution < 1.29 is 4.79 Å². The molecule has 3 aliphatic heterocycles. The van der Waals surface area contributed by atoms with Gasteiger partial charge in [0.2, 0.25) is 0 Å². The molecule has 0 aromatic heterocycles. The summed E-state index contributed by atoms with van der Waals surface area (Å²) in [6, 6.07) is 0. The Kier molecular flexibility index (Phi) is 1.64. The molecule has 0 saturated heterocycles. The minimum absolute atomic E-state index is 0.431. The second-order valence-corrected chi connectivity index (χ2v) is 3.75. The number of carbonyl (C=O) groups excluding carboxylic acids is 1. The first-order valence-corrected chi connectivity index (χ1v) is 4.92. The van der Waals surface area contributed by atoms with E-state index in [9.17, 15) is 4.79 Å². The number of hydrogen-bond acceptors (Lipinski definition) is 3. The molecule has 15 heavy (non-hydrogen) atoms. The Balaban J connectivity index is 2.14. The zero-order chi connectivity index (χ0) is 10.4. The van der Waals surface area contributed by atoms with Gasteiger partial charge in [0.05, 0.1) is 5.70 Å². The van der Waals surface area contributed by atoms with E-state index in [1.54, 1.807) is 12.2 Å².